The van der Waals surface area contributed by atoms with E-state index in [9.17, 15) is 4.79 Å². The van der Waals surface area contributed by atoms with Crippen molar-refractivity contribution in [1.29, 1.82) is 0 Å². The molecule has 0 aliphatic carbocycles. The van der Waals surface area contributed by atoms with Crippen molar-refractivity contribution < 1.29 is 4.79 Å². The third-order valence-corrected chi connectivity index (χ3v) is 4.19. The van der Waals surface area contributed by atoms with E-state index < -0.39 is 0 Å². The standard InChI is InChI=1S/C17H11ClOS/c18-15-7-9-16(10-8-15)20-17(19)14-6-5-12-3-1-2-4-13(12)11-14/h1-11H. The summed E-state index contributed by atoms with van der Waals surface area (Å²) in [6, 6.07) is 21.1. The van der Waals surface area contributed by atoms with Crippen molar-refractivity contribution in [3.63, 3.8) is 0 Å². The molecule has 0 heterocycles. The molecule has 3 aromatic carbocycles. The van der Waals surface area contributed by atoms with Crippen molar-refractivity contribution in [2.75, 3.05) is 0 Å². The molecule has 3 rings (SSSR count). The molecule has 0 aromatic heterocycles. The first-order valence-corrected chi connectivity index (χ1v) is 7.38. The fraction of sp³-hybridized carbons (Fsp3) is 0. The smallest absolute Gasteiger partial charge is 0.224 e. The molecule has 0 fully saturated rings. The number of thioether (sulfide) groups is 1. The Hall–Kier alpha value is -1.77. The topological polar surface area (TPSA) is 17.1 Å². The molecule has 98 valence electrons. The zero-order valence-corrected chi connectivity index (χ0v) is 12.1. The van der Waals surface area contributed by atoms with E-state index in [-0.39, 0.29) is 5.12 Å². The van der Waals surface area contributed by atoms with Crippen LogP contribution < -0.4 is 0 Å². The van der Waals surface area contributed by atoms with Crippen LogP contribution in [0.4, 0.5) is 0 Å². The molecule has 20 heavy (non-hydrogen) atoms. The van der Waals surface area contributed by atoms with Crippen LogP contribution in [0, 0.1) is 0 Å². The van der Waals surface area contributed by atoms with Gasteiger partial charge in [0.1, 0.15) is 0 Å². The molecule has 0 aliphatic heterocycles. The second-order valence-corrected chi connectivity index (χ2v) is 5.89. The largest absolute Gasteiger partial charge is 0.281 e. The highest BCUT2D eigenvalue weighted by Gasteiger charge is 2.08. The molecule has 0 atom stereocenters. The summed E-state index contributed by atoms with van der Waals surface area (Å²) in [6.45, 7) is 0. The Labute approximate surface area is 126 Å². The van der Waals surface area contributed by atoms with Gasteiger partial charge in [-0.05, 0) is 58.9 Å². The third-order valence-electron chi connectivity index (χ3n) is 3.01. The molecule has 0 unspecified atom stereocenters. The second-order valence-electron chi connectivity index (χ2n) is 4.41. The van der Waals surface area contributed by atoms with Gasteiger partial charge in [-0.2, -0.15) is 0 Å². The molecule has 0 saturated heterocycles. The predicted octanol–water partition coefficient (Wildman–Crippen LogP) is 5.43. The van der Waals surface area contributed by atoms with Crippen LogP contribution in [-0.2, 0) is 0 Å². The van der Waals surface area contributed by atoms with Crippen LogP contribution in [0.5, 0.6) is 0 Å². The molecule has 1 nitrogen and oxygen atoms in total. The fourth-order valence-electron chi connectivity index (χ4n) is 1.98. The van der Waals surface area contributed by atoms with Crippen LogP contribution in [-0.4, -0.2) is 5.12 Å². The summed E-state index contributed by atoms with van der Waals surface area (Å²) in [7, 11) is 0. The number of rotatable bonds is 2. The number of hydrogen-bond donors (Lipinski definition) is 0. The molecular weight excluding hydrogens is 288 g/mol. The second kappa shape index (κ2) is 5.70. The van der Waals surface area contributed by atoms with E-state index in [0.29, 0.717) is 10.6 Å². The van der Waals surface area contributed by atoms with E-state index in [4.69, 9.17) is 11.6 Å². The average Bonchev–Trinajstić information content (AvgIpc) is 2.49. The average molecular weight is 299 g/mol. The Morgan fingerprint density at radius 2 is 1.55 bits per heavy atom. The zero-order valence-electron chi connectivity index (χ0n) is 10.5. The van der Waals surface area contributed by atoms with Gasteiger partial charge in [-0.1, -0.05) is 41.9 Å². The molecule has 0 amide bonds. The van der Waals surface area contributed by atoms with Gasteiger partial charge in [0.25, 0.3) is 0 Å². The number of fused-ring (bicyclic) bond motifs is 1. The van der Waals surface area contributed by atoms with E-state index in [1.54, 1.807) is 12.1 Å². The van der Waals surface area contributed by atoms with E-state index >= 15 is 0 Å². The fourth-order valence-corrected chi connectivity index (χ4v) is 2.84. The van der Waals surface area contributed by atoms with Gasteiger partial charge in [-0.15, -0.1) is 0 Å². The first-order valence-electron chi connectivity index (χ1n) is 6.19. The van der Waals surface area contributed by atoms with Crippen LogP contribution in [0.25, 0.3) is 10.8 Å². The maximum absolute atomic E-state index is 12.3. The van der Waals surface area contributed by atoms with Crippen molar-refractivity contribution in [3.8, 4) is 0 Å². The Kier molecular flexibility index (Phi) is 3.77. The van der Waals surface area contributed by atoms with Crippen molar-refractivity contribution >= 4 is 39.3 Å². The predicted molar refractivity (Wildman–Crippen MR) is 85.6 cm³/mol. The van der Waals surface area contributed by atoms with E-state index in [1.807, 2.05) is 54.6 Å². The minimum Gasteiger partial charge on any atom is -0.281 e. The lowest BCUT2D eigenvalue weighted by Gasteiger charge is -2.03. The lowest BCUT2D eigenvalue weighted by Crippen LogP contribution is -1.92. The van der Waals surface area contributed by atoms with Crippen LogP contribution in [0.3, 0.4) is 0 Å². The van der Waals surface area contributed by atoms with Crippen molar-refractivity contribution in [2.24, 2.45) is 0 Å². The van der Waals surface area contributed by atoms with E-state index in [2.05, 4.69) is 0 Å². The minimum atomic E-state index is 0.0399. The van der Waals surface area contributed by atoms with Crippen molar-refractivity contribution in [3.05, 3.63) is 77.3 Å². The maximum atomic E-state index is 12.3. The maximum Gasteiger partial charge on any atom is 0.224 e. The van der Waals surface area contributed by atoms with Gasteiger partial charge >= 0.3 is 0 Å². The molecule has 0 spiro atoms. The van der Waals surface area contributed by atoms with Crippen LogP contribution >= 0.6 is 23.4 Å². The van der Waals surface area contributed by atoms with Crippen LogP contribution in [0.2, 0.25) is 5.02 Å². The van der Waals surface area contributed by atoms with Gasteiger partial charge in [0.15, 0.2) is 0 Å². The molecule has 0 N–H and O–H groups in total. The van der Waals surface area contributed by atoms with Gasteiger partial charge in [-0.3, -0.25) is 4.79 Å². The number of benzene rings is 3. The zero-order chi connectivity index (χ0) is 13.9. The monoisotopic (exact) mass is 298 g/mol. The van der Waals surface area contributed by atoms with Crippen molar-refractivity contribution in [2.45, 2.75) is 4.90 Å². The van der Waals surface area contributed by atoms with Gasteiger partial charge in [-0.25, -0.2) is 0 Å². The minimum absolute atomic E-state index is 0.0399. The van der Waals surface area contributed by atoms with E-state index in [1.165, 1.54) is 11.8 Å². The first-order chi connectivity index (χ1) is 9.72. The van der Waals surface area contributed by atoms with Crippen molar-refractivity contribution in [1.82, 2.24) is 0 Å². The Balaban J connectivity index is 1.86. The van der Waals surface area contributed by atoms with Crippen LogP contribution in [0.1, 0.15) is 10.4 Å². The third kappa shape index (κ3) is 2.87. The van der Waals surface area contributed by atoms with Gasteiger partial charge in [0.05, 0.1) is 0 Å². The molecule has 0 aliphatic rings. The molecule has 3 heteroatoms. The normalized spacial score (nSPS) is 10.7. The number of carbonyl (C=O) groups is 1. The highest BCUT2D eigenvalue weighted by molar-refractivity contribution is 8.14. The summed E-state index contributed by atoms with van der Waals surface area (Å²) in [5.41, 5.74) is 0.712. The molecule has 0 saturated carbocycles. The highest BCUT2D eigenvalue weighted by atomic mass is 35.5. The number of hydrogen-bond acceptors (Lipinski definition) is 2. The Bertz CT molecular complexity index is 765. The SMILES string of the molecule is O=C(Sc1ccc(Cl)cc1)c1ccc2ccccc2c1. The van der Waals surface area contributed by atoms with E-state index in [0.717, 1.165) is 15.7 Å². The Morgan fingerprint density at radius 3 is 2.30 bits per heavy atom. The van der Waals surface area contributed by atoms with Gasteiger partial charge in [0.2, 0.25) is 5.12 Å². The summed E-state index contributed by atoms with van der Waals surface area (Å²) in [6.07, 6.45) is 0. The summed E-state index contributed by atoms with van der Waals surface area (Å²) in [5, 5.41) is 2.93. The Morgan fingerprint density at radius 1 is 0.850 bits per heavy atom. The first kappa shape index (κ1) is 13.2. The molecular formula is C17H11ClOS. The number of carbonyl (C=O) groups excluding carboxylic acids is 1. The summed E-state index contributed by atoms with van der Waals surface area (Å²) < 4.78 is 0. The molecule has 0 bridgehead atoms. The van der Waals surface area contributed by atoms with Gasteiger partial charge < -0.3 is 0 Å². The molecule has 3 aromatic rings. The lowest BCUT2D eigenvalue weighted by molar-refractivity contribution is 0.108. The number of halogens is 1. The highest BCUT2D eigenvalue weighted by Crippen LogP contribution is 2.26. The quantitative estimate of drug-likeness (QED) is 0.587. The summed E-state index contributed by atoms with van der Waals surface area (Å²) in [5.74, 6) is 0. The van der Waals surface area contributed by atoms with Gasteiger partial charge in [0, 0.05) is 15.5 Å². The van der Waals surface area contributed by atoms with Crippen LogP contribution in [0.15, 0.2) is 71.6 Å². The summed E-state index contributed by atoms with van der Waals surface area (Å²) >= 11 is 7.05. The molecule has 0 radical (unpaired) electrons. The summed E-state index contributed by atoms with van der Waals surface area (Å²) in [4.78, 5) is 13.2. The lowest BCUT2D eigenvalue weighted by atomic mass is 10.1.